The van der Waals surface area contributed by atoms with Crippen LogP contribution < -0.4 is 0 Å². The zero-order chi connectivity index (χ0) is 12.9. The molecule has 0 atom stereocenters. The number of carbonyl (C=O) groups excluding carboxylic acids is 1. The summed E-state index contributed by atoms with van der Waals surface area (Å²) in [7, 11) is -2.60. The lowest BCUT2D eigenvalue weighted by Crippen LogP contribution is -2.42. The number of nitrogens with zero attached hydrogens (tertiary/aromatic N) is 2. The zero-order valence-electron chi connectivity index (χ0n) is 9.76. The Morgan fingerprint density at radius 1 is 1.47 bits per heavy atom. The number of rotatable bonds is 5. The SMILES string of the molecule is COC(=O)CS(=O)(=O)N(CC#N)C1CCCC1. The predicted octanol–water partition coefficient (Wildman–Crippen LogP) is 0.257. The Morgan fingerprint density at radius 2 is 2.06 bits per heavy atom. The summed E-state index contributed by atoms with van der Waals surface area (Å²) in [5.41, 5.74) is 0. The third-order valence-electron chi connectivity index (χ3n) is 2.84. The summed E-state index contributed by atoms with van der Waals surface area (Å²) in [6.45, 7) is -0.204. The van der Waals surface area contributed by atoms with E-state index in [0.717, 1.165) is 37.1 Å². The molecule has 17 heavy (non-hydrogen) atoms. The second-order valence-electron chi connectivity index (χ2n) is 3.97. The minimum absolute atomic E-state index is 0.149. The van der Waals surface area contributed by atoms with E-state index in [1.165, 1.54) is 0 Å². The molecule has 0 spiro atoms. The molecule has 0 aromatic rings. The van der Waals surface area contributed by atoms with Crippen molar-refractivity contribution in [3.8, 4) is 6.07 Å². The van der Waals surface area contributed by atoms with E-state index in [-0.39, 0.29) is 12.6 Å². The minimum Gasteiger partial charge on any atom is -0.468 e. The molecular weight excluding hydrogens is 244 g/mol. The van der Waals surface area contributed by atoms with Gasteiger partial charge in [0, 0.05) is 6.04 Å². The van der Waals surface area contributed by atoms with Crippen LogP contribution in [0.15, 0.2) is 0 Å². The lowest BCUT2D eigenvalue weighted by molar-refractivity contribution is -0.137. The quantitative estimate of drug-likeness (QED) is 0.522. The highest BCUT2D eigenvalue weighted by Crippen LogP contribution is 2.25. The Kier molecular flexibility index (Phi) is 4.90. The normalized spacial score (nSPS) is 17.0. The van der Waals surface area contributed by atoms with E-state index in [1.54, 1.807) is 0 Å². The number of ether oxygens (including phenoxy) is 1. The van der Waals surface area contributed by atoms with Crippen LogP contribution in [-0.4, -0.2) is 44.1 Å². The molecule has 0 bridgehead atoms. The van der Waals surface area contributed by atoms with Gasteiger partial charge in [-0.1, -0.05) is 12.8 Å². The van der Waals surface area contributed by atoms with Gasteiger partial charge in [-0.05, 0) is 12.8 Å². The third kappa shape index (κ3) is 3.68. The largest absolute Gasteiger partial charge is 0.468 e. The van der Waals surface area contributed by atoms with Gasteiger partial charge >= 0.3 is 5.97 Å². The molecule has 6 nitrogen and oxygen atoms in total. The average Bonchev–Trinajstić information content (AvgIpc) is 2.77. The third-order valence-corrected chi connectivity index (χ3v) is 4.59. The fraction of sp³-hybridized carbons (Fsp3) is 0.800. The highest BCUT2D eigenvalue weighted by atomic mass is 32.2. The summed E-state index contributed by atoms with van der Waals surface area (Å²) < 4.78 is 29.4. The van der Waals surface area contributed by atoms with Gasteiger partial charge in [0.1, 0.15) is 6.54 Å². The van der Waals surface area contributed by atoms with E-state index in [4.69, 9.17) is 5.26 Å². The maximum Gasteiger partial charge on any atom is 0.322 e. The van der Waals surface area contributed by atoms with E-state index >= 15 is 0 Å². The van der Waals surface area contributed by atoms with Crippen LogP contribution in [0.5, 0.6) is 0 Å². The molecule has 0 radical (unpaired) electrons. The number of esters is 1. The van der Waals surface area contributed by atoms with E-state index in [1.807, 2.05) is 6.07 Å². The van der Waals surface area contributed by atoms with Crippen LogP contribution in [0.1, 0.15) is 25.7 Å². The maximum atomic E-state index is 12.0. The Balaban J connectivity index is 2.81. The molecule has 0 amide bonds. The first-order valence-corrected chi connectivity index (χ1v) is 7.05. The number of carbonyl (C=O) groups is 1. The number of hydrogen-bond acceptors (Lipinski definition) is 5. The number of nitriles is 1. The van der Waals surface area contributed by atoms with Crippen molar-refractivity contribution in [1.29, 1.82) is 5.26 Å². The molecule has 0 saturated heterocycles. The first-order chi connectivity index (χ1) is 8.01. The van der Waals surface area contributed by atoms with E-state index in [0.29, 0.717) is 0 Å². The van der Waals surface area contributed by atoms with E-state index < -0.39 is 21.7 Å². The van der Waals surface area contributed by atoms with Crippen LogP contribution in [0.4, 0.5) is 0 Å². The molecule has 7 heteroatoms. The first kappa shape index (κ1) is 13.9. The average molecular weight is 260 g/mol. The molecule has 0 heterocycles. The number of hydrogen-bond donors (Lipinski definition) is 0. The molecule has 1 fully saturated rings. The van der Waals surface area contributed by atoms with Gasteiger partial charge in [-0.2, -0.15) is 9.57 Å². The summed E-state index contributed by atoms with van der Waals surface area (Å²) in [5, 5.41) is 8.68. The van der Waals surface area contributed by atoms with Crippen molar-refractivity contribution in [3.05, 3.63) is 0 Å². The lowest BCUT2D eigenvalue weighted by Gasteiger charge is -2.24. The molecule has 1 saturated carbocycles. The first-order valence-electron chi connectivity index (χ1n) is 5.44. The highest BCUT2D eigenvalue weighted by Gasteiger charge is 2.33. The number of sulfonamides is 1. The van der Waals surface area contributed by atoms with Gasteiger partial charge in [-0.3, -0.25) is 4.79 Å². The molecule has 96 valence electrons. The highest BCUT2D eigenvalue weighted by molar-refractivity contribution is 7.89. The molecule has 0 aliphatic heterocycles. The van der Waals surface area contributed by atoms with Gasteiger partial charge in [0.25, 0.3) is 0 Å². The predicted molar refractivity (Wildman–Crippen MR) is 60.4 cm³/mol. The van der Waals surface area contributed by atoms with Crippen molar-refractivity contribution in [2.45, 2.75) is 31.7 Å². The van der Waals surface area contributed by atoms with Crippen LogP contribution in [-0.2, 0) is 19.6 Å². The monoisotopic (exact) mass is 260 g/mol. The zero-order valence-corrected chi connectivity index (χ0v) is 10.6. The van der Waals surface area contributed by atoms with Crippen LogP contribution in [0.25, 0.3) is 0 Å². The topological polar surface area (TPSA) is 87.5 Å². The van der Waals surface area contributed by atoms with Crippen molar-refractivity contribution in [3.63, 3.8) is 0 Å². The molecule has 0 aromatic carbocycles. The second kappa shape index (κ2) is 5.98. The lowest BCUT2D eigenvalue weighted by atomic mass is 10.2. The summed E-state index contributed by atoms with van der Waals surface area (Å²) >= 11 is 0. The Bertz CT molecular complexity index is 407. The van der Waals surface area contributed by atoms with Crippen LogP contribution >= 0.6 is 0 Å². The van der Waals surface area contributed by atoms with Gasteiger partial charge in [-0.15, -0.1) is 0 Å². The van der Waals surface area contributed by atoms with Crippen LogP contribution in [0.2, 0.25) is 0 Å². The fourth-order valence-corrected chi connectivity index (χ4v) is 3.51. The van der Waals surface area contributed by atoms with Crippen LogP contribution in [0.3, 0.4) is 0 Å². The summed E-state index contributed by atoms with van der Waals surface area (Å²) in [5.74, 6) is -1.49. The van der Waals surface area contributed by atoms with E-state index in [2.05, 4.69) is 4.74 Å². The van der Waals surface area contributed by atoms with Crippen molar-refractivity contribution in [2.75, 3.05) is 19.4 Å². The summed E-state index contributed by atoms with van der Waals surface area (Å²) in [6.07, 6.45) is 3.42. The summed E-state index contributed by atoms with van der Waals surface area (Å²) in [6, 6.07) is 1.69. The second-order valence-corrected chi connectivity index (χ2v) is 5.90. The maximum absolute atomic E-state index is 12.0. The Hall–Kier alpha value is -1.13. The van der Waals surface area contributed by atoms with Crippen molar-refractivity contribution in [1.82, 2.24) is 4.31 Å². The molecule has 0 unspecified atom stereocenters. The standard InChI is InChI=1S/C10H16N2O4S/c1-16-10(13)8-17(14,15)12(7-6-11)9-4-2-3-5-9/h9H,2-5,7-8H2,1H3. The molecule has 1 aliphatic carbocycles. The van der Waals surface area contributed by atoms with Crippen molar-refractivity contribution in [2.24, 2.45) is 0 Å². The smallest absolute Gasteiger partial charge is 0.322 e. The summed E-state index contributed by atoms with van der Waals surface area (Å²) in [4.78, 5) is 11.0. The Morgan fingerprint density at radius 3 is 2.53 bits per heavy atom. The molecule has 0 N–H and O–H groups in total. The van der Waals surface area contributed by atoms with E-state index in [9.17, 15) is 13.2 Å². The molecule has 1 aliphatic rings. The van der Waals surface area contributed by atoms with Gasteiger partial charge in [0.2, 0.25) is 10.0 Å². The number of methoxy groups -OCH3 is 1. The van der Waals surface area contributed by atoms with Gasteiger partial charge in [0.05, 0.1) is 13.2 Å². The van der Waals surface area contributed by atoms with Crippen molar-refractivity contribution >= 4 is 16.0 Å². The van der Waals surface area contributed by atoms with Gasteiger partial charge in [0.15, 0.2) is 5.75 Å². The molecular formula is C10H16N2O4S. The van der Waals surface area contributed by atoms with Crippen LogP contribution in [0, 0.1) is 11.3 Å². The van der Waals surface area contributed by atoms with Crippen molar-refractivity contribution < 1.29 is 17.9 Å². The molecule has 1 rings (SSSR count). The van der Waals surface area contributed by atoms with Gasteiger partial charge < -0.3 is 4.74 Å². The van der Waals surface area contributed by atoms with Gasteiger partial charge in [-0.25, -0.2) is 8.42 Å². The minimum atomic E-state index is -3.74. The fourth-order valence-electron chi connectivity index (χ4n) is 2.01. The molecule has 0 aromatic heterocycles. The Labute approximate surface area is 101 Å².